The zero-order valence-electron chi connectivity index (χ0n) is 56.3. The van der Waals surface area contributed by atoms with Crippen molar-refractivity contribution in [3.05, 3.63) is 109 Å². The number of aliphatic hydroxyl groups is 1. The van der Waals surface area contributed by atoms with Crippen molar-refractivity contribution in [1.29, 1.82) is 0 Å². The molecule has 9 heteroatoms. The third kappa shape index (κ3) is 68.5. The molecule has 0 rings (SSSR count). The zero-order chi connectivity index (χ0) is 61.9. The Bertz CT molecular complexity index is 1760. The van der Waals surface area contributed by atoms with Crippen LogP contribution < -0.4 is 5.32 Å². The first-order chi connectivity index (χ1) is 41.5. The van der Waals surface area contributed by atoms with Gasteiger partial charge in [-0.3, -0.25) is 13.8 Å². The number of allylic oxidation sites excluding steroid dienone is 17. The molecule has 3 unspecified atom stereocenters. The van der Waals surface area contributed by atoms with Crippen LogP contribution in [0.1, 0.15) is 316 Å². The number of aliphatic hydroxyl groups excluding tert-OH is 1. The number of nitrogens with one attached hydrogen (secondary N) is 1. The van der Waals surface area contributed by atoms with Crippen LogP contribution in [0.4, 0.5) is 0 Å². The Balaban J connectivity index is 4.12. The van der Waals surface area contributed by atoms with E-state index < -0.39 is 20.0 Å². The number of amides is 1. The summed E-state index contributed by atoms with van der Waals surface area (Å²) in [5, 5.41) is 14.0. The van der Waals surface area contributed by atoms with E-state index in [1.807, 2.05) is 27.2 Å². The van der Waals surface area contributed by atoms with Crippen molar-refractivity contribution in [2.75, 3.05) is 40.9 Å². The first-order valence-corrected chi connectivity index (χ1v) is 37.3. The second-order valence-electron chi connectivity index (χ2n) is 25.2. The molecule has 3 N–H and O–H groups in total. The molecule has 85 heavy (non-hydrogen) atoms. The molecular formula is C76H138N2O6P+. The molecule has 0 bridgehead atoms. The second-order valence-corrected chi connectivity index (χ2v) is 26.7. The van der Waals surface area contributed by atoms with Gasteiger partial charge in [-0.25, -0.2) is 4.57 Å². The van der Waals surface area contributed by atoms with Gasteiger partial charge in [0.15, 0.2) is 0 Å². The summed E-state index contributed by atoms with van der Waals surface area (Å²) in [6.45, 7) is 4.70. The molecule has 0 heterocycles. The molecule has 8 nitrogen and oxygen atoms in total. The summed E-state index contributed by atoms with van der Waals surface area (Å²) in [5.74, 6) is -0.191. The number of phosphoric acid groups is 1. The van der Waals surface area contributed by atoms with E-state index in [9.17, 15) is 19.4 Å². The molecule has 1 amide bonds. The van der Waals surface area contributed by atoms with Gasteiger partial charge >= 0.3 is 7.82 Å². The molecule has 492 valence electrons. The largest absolute Gasteiger partial charge is 0.472 e. The number of rotatable bonds is 65. The van der Waals surface area contributed by atoms with Gasteiger partial charge in [-0.2, -0.15) is 0 Å². The molecule has 0 aromatic carbocycles. The summed E-state index contributed by atoms with van der Waals surface area (Å²) in [6, 6.07) is -0.877. The first-order valence-electron chi connectivity index (χ1n) is 35.8. The summed E-state index contributed by atoms with van der Waals surface area (Å²) < 4.78 is 23.8. The molecule has 3 atom stereocenters. The van der Waals surface area contributed by atoms with Crippen LogP contribution in [0.25, 0.3) is 0 Å². The fourth-order valence-electron chi connectivity index (χ4n) is 10.2. The van der Waals surface area contributed by atoms with Crippen molar-refractivity contribution in [2.45, 2.75) is 328 Å². The lowest BCUT2D eigenvalue weighted by atomic mass is 10.0. The normalized spacial score (nSPS) is 14.3. The molecule has 0 spiro atoms. The van der Waals surface area contributed by atoms with E-state index in [1.165, 1.54) is 212 Å². The van der Waals surface area contributed by atoms with E-state index in [0.717, 1.165) is 83.5 Å². The predicted molar refractivity (Wildman–Crippen MR) is 373 cm³/mol. The topological polar surface area (TPSA) is 105 Å². The van der Waals surface area contributed by atoms with Gasteiger partial charge in [-0.1, -0.05) is 322 Å². The van der Waals surface area contributed by atoms with Crippen LogP contribution in [0.5, 0.6) is 0 Å². The maximum Gasteiger partial charge on any atom is 0.472 e. The average molecular weight is 1210 g/mol. The van der Waals surface area contributed by atoms with Crippen molar-refractivity contribution < 1.29 is 32.9 Å². The van der Waals surface area contributed by atoms with Crippen LogP contribution in [0.3, 0.4) is 0 Å². The minimum absolute atomic E-state index is 0.0503. The van der Waals surface area contributed by atoms with Crippen LogP contribution >= 0.6 is 7.82 Å². The van der Waals surface area contributed by atoms with E-state index in [2.05, 4.69) is 116 Å². The minimum atomic E-state index is -4.37. The second kappa shape index (κ2) is 65.6. The fourth-order valence-corrected chi connectivity index (χ4v) is 10.9. The number of hydrogen-bond donors (Lipinski definition) is 3. The Morgan fingerprint density at radius 2 is 0.718 bits per heavy atom. The number of carbonyl (C=O) groups is 1. The Labute approximate surface area is 527 Å². The first kappa shape index (κ1) is 82.2. The number of likely N-dealkylation sites (N-methyl/N-ethyl adjacent to an activating group) is 1. The lowest BCUT2D eigenvalue weighted by Gasteiger charge is -2.25. The zero-order valence-corrected chi connectivity index (χ0v) is 57.2. The number of quaternary nitrogens is 1. The highest BCUT2D eigenvalue weighted by atomic mass is 31.2. The van der Waals surface area contributed by atoms with Crippen molar-refractivity contribution in [2.24, 2.45) is 0 Å². The number of hydrogen-bond acceptors (Lipinski definition) is 5. The maximum atomic E-state index is 13.1. The molecule has 0 radical (unpaired) electrons. The summed E-state index contributed by atoms with van der Waals surface area (Å²) in [4.78, 5) is 23.4. The summed E-state index contributed by atoms with van der Waals surface area (Å²) in [7, 11) is 1.55. The molecule has 0 aliphatic rings. The highest BCUT2D eigenvalue weighted by Crippen LogP contribution is 2.43. The van der Waals surface area contributed by atoms with Gasteiger partial charge in [-0.05, 0) is 96.3 Å². The van der Waals surface area contributed by atoms with E-state index in [4.69, 9.17) is 9.05 Å². The molecule has 0 saturated carbocycles. The lowest BCUT2D eigenvalue weighted by Crippen LogP contribution is -2.45. The van der Waals surface area contributed by atoms with Crippen LogP contribution in [0, 0.1) is 0 Å². The smallest absolute Gasteiger partial charge is 0.387 e. The van der Waals surface area contributed by atoms with Crippen LogP contribution in [-0.4, -0.2) is 73.4 Å². The molecule has 0 aromatic rings. The van der Waals surface area contributed by atoms with Crippen molar-refractivity contribution >= 4 is 13.7 Å². The Hall–Kier alpha value is -2.84. The Morgan fingerprint density at radius 3 is 1.08 bits per heavy atom. The molecule has 0 saturated heterocycles. The highest BCUT2D eigenvalue weighted by Gasteiger charge is 2.28. The predicted octanol–water partition coefficient (Wildman–Crippen LogP) is 23.1. The molecular weight excluding hydrogens is 1070 g/mol. The lowest BCUT2D eigenvalue weighted by molar-refractivity contribution is -0.870. The summed E-state index contributed by atoms with van der Waals surface area (Å²) in [6.07, 6.45) is 96.7. The van der Waals surface area contributed by atoms with Gasteiger partial charge in [0, 0.05) is 6.42 Å². The Kier molecular flexibility index (Phi) is 63.4. The molecule has 0 fully saturated rings. The summed E-state index contributed by atoms with van der Waals surface area (Å²) in [5.41, 5.74) is 0. The highest BCUT2D eigenvalue weighted by molar-refractivity contribution is 7.47. The van der Waals surface area contributed by atoms with Crippen molar-refractivity contribution in [1.82, 2.24) is 5.32 Å². The number of carbonyl (C=O) groups excluding carboxylic acids is 1. The average Bonchev–Trinajstić information content (AvgIpc) is 3.48. The summed E-state index contributed by atoms with van der Waals surface area (Å²) >= 11 is 0. The van der Waals surface area contributed by atoms with Gasteiger partial charge in [-0.15, -0.1) is 0 Å². The molecule has 0 aromatic heterocycles. The third-order valence-corrected chi connectivity index (χ3v) is 16.7. The quantitative estimate of drug-likeness (QED) is 0.0243. The van der Waals surface area contributed by atoms with E-state index in [1.54, 1.807) is 6.08 Å². The maximum absolute atomic E-state index is 13.1. The third-order valence-electron chi connectivity index (χ3n) is 15.7. The van der Waals surface area contributed by atoms with E-state index in [-0.39, 0.29) is 19.1 Å². The number of nitrogens with zero attached hydrogens (tertiary/aromatic N) is 1. The van der Waals surface area contributed by atoms with Gasteiger partial charge in [0.2, 0.25) is 5.91 Å². The van der Waals surface area contributed by atoms with Crippen LogP contribution in [0.2, 0.25) is 0 Å². The van der Waals surface area contributed by atoms with Crippen molar-refractivity contribution in [3.63, 3.8) is 0 Å². The van der Waals surface area contributed by atoms with Crippen LogP contribution in [-0.2, 0) is 18.4 Å². The minimum Gasteiger partial charge on any atom is -0.387 e. The van der Waals surface area contributed by atoms with Crippen molar-refractivity contribution in [3.8, 4) is 0 Å². The molecule has 0 aliphatic carbocycles. The monoisotopic (exact) mass is 1210 g/mol. The standard InChI is InChI=1S/C76H137N2O6P/c1-6-8-10-12-14-16-18-20-22-24-26-28-30-32-34-36-37-38-39-40-41-42-44-46-48-50-52-54-56-58-60-62-64-66-68-70-76(80)77-74(73-84-85(81,82)83-72-71-78(3,4)5)75(79)69-67-65-63-61-59-57-55-53-51-49-47-45-43-35-33-31-29-27-25-23-21-19-17-15-13-11-9-7-2/h8,10,14,16,20,22,26,28,32,34,37-38,51,53,59,61,67,69,74-75,79H,6-7,9,11-13,15,17-19,21,23-25,27,29-31,33,35-36,39-50,52,54-58,60,62-66,68,70-73H2,1-5H3,(H-,77,80,81,82)/p+1/b10-8-,16-14-,22-20-,28-26-,34-32-,38-37-,53-51+,61-59+,69-67+. The SMILES string of the molecule is CC/C=C\C/C=C\C/C=C\C/C=C\C/C=C\C/C=C\CCCCCCCCCCCCCCCCCCC(=O)NC(COP(=O)(O)OCC[N+](C)(C)C)C(O)/C=C/CC/C=C/CC/C=C/CCCCCCCCCCCCCCCCCCCC. The fraction of sp³-hybridized carbons (Fsp3) is 0.750. The van der Waals surface area contributed by atoms with Gasteiger partial charge in [0.05, 0.1) is 39.9 Å². The Morgan fingerprint density at radius 1 is 0.412 bits per heavy atom. The van der Waals surface area contributed by atoms with E-state index in [0.29, 0.717) is 17.4 Å². The van der Waals surface area contributed by atoms with Crippen LogP contribution in [0.15, 0.2) is 109 Å². The van der Waals surface area contributed by atoms with E-state index >= 15 is 0 Å². The van der Waals surface area contributed by atoms with Gasteiger partial charge < -0.3 is 19.8 Å². The number of phosphoric ester groups is 1. The van der Waals surface area contributed by atoms with Gasteiger partial charge in [0.1, 0.15) is 13.2 Å². The number of unbranched alkanes of at least 4 members (excludes halogenated alkanes) is 36. The molecule has 0 aliphatic heterocycles. The van der Waals surface area contributed by atoms with Gasteiger partial charge in [0.25, 0.3) is 0 Å².